The predicted molar refractivity (Wildman–Crippen MR) is 49.8 cm³/mol. The molecule has 1 aliphatic heterocycles. The summed E-state index contributed by atoms with van der Waals surface area (Å²) in [4.78, 5) is 11.1. The van der Waals surface area contributed by atoms with Crippen molar-refractivity contribution < 1.29 is 9.53 Å². The molecule has 0 saturated heterocycles. The van der Waals surface area contributed by atoms with E-state index >= 15 is 0 Å². The largest absolute Gasteiger partial charge is 0.426 e. The van der Waals surface area contributed by atoms with Crippen LogP contribution < -0.4 is 4.74 Å². The van der Waals surface area contributed by atoms with Crippen molar-refractivity contribution in [2.45, 2.75) is 26.2 Å². The standard InChI is InChI=1S/C11H12O2/c1-7-3-4-9-8(2)6-11(12)13-10(9)5-7/h3-5,8H,6H2,1-2H3. The zero-order valence-electron chi connectivity index (χ0n) is 7.83. The number of benzene rings is 1. The van der Waals surface area contributed by atoms with Crippen molar-refractivity contribution in [3.8, 4) is 5.75 Å². The van der Waals surface area contributed by atoms with E-state index in [9.17, 15) is 4.79 Å². The van der Waals surface area contributed by atoms with Crippen LogP contribution in [-0.2, 0) is 4.79 Å². The molecule has 1 aliphatic rings. The highest BCUT2D eigenvalue weighted by Crippen LogP contribution is 2.34. The van der Waals surface area contributed by atoms with E-state index in [0.29, 0.717) is 6.42 Å². The molecule has 0 radical (unpaired) electrons. The topological polar surface area (TPSA) is 26.3 Å². The van der Waals surface area contributed by atoms with Crippen LogP contribution >= 0.6 is 0 Å². The number of ether oxygens (including phenoxy) is 1. The summed E-state index contributed by atoms with van der Waals surface area (Å²) < 4.78 is 5.14. The summed E-state index contributed by atoms with van der Waals surface area (Å²) in [5.41, 5.74) is 2.27. The molecule has 1 atom stereocenters. The van der Waals surface area contributed by atoms with E-state index in [4.69, 9.17) is 4.74 Å². The first-order chi connectivity index (χ1) is 6.16. The van der Waals surface area contributed by atoms with Crippen LogP contribution in [0.4, 0.5) is 0 Å². The number of rotatable bonds is 0. The highest BCUT2D eigenvalue weighted by atomic mass is 16.5. The van der Waals surface area contributed by atoms with E-state index in [1.807, 2.05) is 19.1 Å². The molecule has 0 amide bonds. The highest BCUT2D eigenvalue weighted by molar-refractivity contribution is 5.76. The van der Waals surface area contributed by atoms with E-state index in [1.54, 1.807) is 0 Å². The molecular formula is C11H12O2. The Morgan fingerprint density at radius 2 is 2.23 bits per heavy atom. The molecule has 1 aromatic carbocycles. The second-order valence-electron chi connectivity index (χ2n) is 3.62. The van der Waals surface area contributed by atoms with Crippen LogP contribution in [0.1, 0.15) is 30.4 Å². The molecule has 0 fully saturated rings. The van der Waals surface area contributed by atoms with Crippen molar-refractivity contribution in [2.75, 3.05) is 0 Å². The lowest BCUT2D eigenvalue weighted by molar-refractivity contribution is -0.135. The van der Waals surface area contributed by atoms with Crippen LogP contribution in [0.5, 0.6) is 5.75 Å². The summed E-state index contributed by atoms with van der Waals surface area (Å²) in [5, 5.41) is 0. The fraction of sp³-hybridized carbons (Fsp3) is 0.364. The average molecular weight is 176 g/mol. The van der Waals surface area contributed by atoms with Crippen LogP contribution in [0, 0.1) is 6.92 Å². The van der Waals surface area contributed by atoms with Crippen LogP contribution in [-0.4, -0.2) is 5.97 Å². The van der Waals surface area contributed by atoms with Gasteiger partial charge in [-0.15, -0.1) is 0 Å². The maximum Gasteiger partial charge on any atom is 0.311 e. The van der Waals surface area contributed by atoms with Gasteiger partial charge in [0.05, 0.1) is 6.42 Å². The number of carbonyl (C=O) groups excluding carboxylic acids is 1. The zero-order valence-corrected chi connectivity index (χ0v) is 7.83. The van der Waals surface area contributed by atoms with Gasteiger partial charge in [0.1, 0.15) is 5.75 Å². The first kappa shape index (κ1) is 8.30. The van der Waals surface area contributed by atoms with Crippen LogP contribution in [0.2, 0.25) is 0 Å². The minimum atomic E-state index is -0.120. The molecule has 2 rings (SSSR count). The van der Waals surface area contributed by atoms with Crippen molar-refractivity contribution in [1.82, 2.24) is 0 Å². The maximum atomic E-state index is 11.1. The number of fused-ring (bicyclic) bond motifs is 1. The molecule has 0 N–H and O–H groups in total. The van der Waals surface area contributed by atoms with E-state index in [-0.39, 0.29) is 11.9 Å². The van der Waals surface area contributed by atoms with E-state index in [0.717, 1.165) is 16.9 Å². The third-order valence-electron chi connectivity index (χ3n) is 2.40. The Kier molecular flexibility index (Phi) is 1.83. The molecule has 0 aliphatic carbocycles. The summed E-state index contributed by atoms with van der Waals surface area (Å²) >= 11 is 0. The molecule has 1 aromatic rings. The molecule has 0 spiro atoms. The van der Waals surface area contributed by atoms with Gasteiger partial charge in [-0.05, 0) is 30.0 Å². The summed E-state index contributed by atoms with van der Waals surface area (Å²) in [7, 11) is 0. The summed E-state index contributed by atoms with van der Waals surface area (Å²) in [6.45, 7) is 4.04. The lowest BCUT2D eigenvalue weighted by atomic mass is 9.94. The summed E-state index contributed by atoms with van der Waals surface area (Å²) in [5.74, 6) is 0.909. The van der Waals surface area contributed by atoms with E-state index in [2.05, 4.69) is 13.0 Å². The number of hydrogen-bond acceptors (Lipinski definition) is 2. The van der Waals surface area contributed by atoms with Gasteiger partial charge in [-0.2, -0.15) is 0 Å². The van der Waals surface area contributed by atoms with Gasteiger partial charge in [0.25, 0.3) is 0 Å². The Morgan fingerprint density at radius 3 is 3.00 bits per heavy atom. The Balaban J connectivity index is 2.49. The predicted octanol–water partition coefficient (Wildman–Crippen LogP) is 2.41. The molecule has 1 heterocycles. The fourth-order valence-electron chi connectivity index (χ4n) is 1.66. The number of aryl methyl sites for hydroxylation is 1. The summed E-state index contributed by atoms with van der Waals surface area (Å²) in [6.07, 6.45) is 0.496. The minimum absolute atomic E-state index is 0.120. The second-order valence-corrected chi connectivity index (χ2v) is 3.62. The third-order valence-corrected chi connectivity index (χ3v) is 2.40. The minimum Gasteiger partial charge on any atom is -0.426 e. The Morgan fingerprint density at radius 1 is 1.46 bits per heavy atom. The Bertz CT molecular complexity index is 355. The normalized spacial score (nSPS) is 20.8. The van der Waals surface area contributed by atoms with Gasteiger partial charge in [0.2, 0.25) is 0 Å². The second kappa shape index (κ2) is 2.87. The van der Waals surface area contributed by atoms with Gasteiger partial charge in [-0.1, -0.05) is 19.1 Å². The van der Waals surface area contributed by atoms with Gasteiger partial charge < -0.3 is 4.74 Å². The molecule has 13 heavy (non-hydrogen) atoms. The van der Waals surface area contributed by atoms with Gasteiger partial charge in [0.15, 0.2) is 0 Å². The molecule has 68 valence electrons. The fourth-order valence-corrected chi connectivity index (χ4v) is 1.66. The number of hydrogen-bond donors (Lipinski definition) is 0. The van der Waals surface area contributed by atoms with Crippen molar-refractivity contribution >= 4 is 5.97 Å². The Hall–Kier alpha value is -1.31. The van der Waals surface area contributed by atoms with Crippen molar-refractivity contribution in [1.29, 1.82) is 0 Å². The monoisotopic (exact) mass is 176 g/mol. The first-order valence-corrected chi connectivity index (χ1v) is 4.48. The molecule has 0 aromatic heterocycles. The van der Waals surface area contributed by atoms with Crippen molar-refractivity contribution in [3.05, 3.63) is 29.3 Å². The van der Waals surface area contributed by atoms with Crippen molar-refractivity contribution in [3.63, 3.8) is 0 Å². The van der Waals surface area contributed by atoms with Crippen LogP contribution in [0.25, 0.3) is 0 Å². The Labute approximate surface area is 77.5 Å². The number of esters is 1. The average Bonchev–Trinajstić information content (AvgIpc) is 2.02. The molecular weight excluding hydrogens is 164 g/mol. The van der Waals surface area contributed by atoms with Crippen molar-refractivity contribution in [2.24, 2.45) is 0 Å². The molecule has 0 saturated carbocycles. The lowest BCUT2D eigenvalue weighted by Gasteiger charge is -2.21. The van der Waals surface area contributed by atoms with Gasteiger partial charge in [-0.25, -0.2) is 0 Å². The van der Waals surface area contributed by atoms with E-state index < -0.39 is 0 Å². The van der Waals surface area contributed by atoms with Gasteiger partial charge >= 0.3 is 5.97 Å². The SMILES string of the molecule is Cc1ccc2c(c1)OC(=O)CC2C. The number of carbonyl (C=O) groups is 1. The van der Waals surface area contributed by atoms with Crippen LogP contribution in [0.15, 0.2) is 18.2 Å². The molecule has 1 unspecified atom stereocenters. The van der Waals surface area contributed by atoms with Gasteiger partial charge in [0, 0.05) is 0 Å². The van der Waals surface area contributed by atoms with Gasteiger partial charge in [-0.3, -0.25) is 4.79 Å². The molecule has 2 heteroatoms. The zero-order chi connectivity index (χ0) is 9.42. The highest BCUT2D eigenvalue weighted by Gasteiger charge is 2.23. The lowest BCUT2D eigenvalue weighted by Crippen LogP contribution is -2.18. The van der Waals surface area contributed by atoms with Crippen LogP contribution in [0.3, 0.4) is 0 Å². The van der Waals surface area contributed by atoms with E-state index in [1.165, 1.54) is 0 Å². The first-order valence-electron chi connectivity index (χ1n) is 4.48. The maximum absolute atomic E-state index is 11.1. The quantitative estimate of drug-likeness (QED) is 0.448. The molecule has 0 bridgehead atoms. The molecule has 2 nitrogen and oxygen atoms in total. The third kappa shape index (κ3) is 1.44. The summed E-state index contributed by atoms with van der Waals surface area (Å²) in [6, 6.07) is 6.01. The smallest absolute Gasteiger partial charge is 0.311 e.